The van der Waals surface area contributed by atoms with Gasteiger partial charge in [-0.1, -0.05) is 12.1 Å². The Labute approximate surface area is 63.7 Å². The van der Waals surface area contributed by atoms with Crippen LogP contribution in [-0.4, -0.2) is 5.94 Å². The second-order valence-corrected chi connectivity index (χ2v) is 2.27. The zero-order valence-corrected chi connectivity index (χ0v) is 5.72. The summed E-state index contributed by atoms with van der Waals surface area (Å²) in [6, 6.07) is 7.54. The zero-order chi connectivity index (χ0) is 7.68. The highest BCUT2D eigenvalue weighted by Gasteiger charge is 2.13. The Morgan fingerprint density at radius 3 is 2.82 bits per heavy atom. The molecule has 0 unspecified atom stereocenters. The number of fused-ring (bicyclic) bond motifs is 1. The predicted octanol–water partition coefficient (Wildman–Crippen LogP) is 0.789. The zero-order valence-electron chi connectivity index (χ0n) is 5.72. The molecule has 1 heterocycles. The molecule has 0 radical (unpaired) electrons. The molecule has 0 bridgehead atoms. The summed E-state index contributed by atoms with van der Waals surface area (Å²) >= 11 is 0. The number of anilines is 1. The fraction of sp³-hybridized carbons (Fsp3) is 0. The molecule has 0 aromatic heterocycles. The van der Waals surface area contributed by atoms with Crippen molar-refractivity contribution < 1.29 is 4.79 Å². The van der Waals surface area contributed by atoms with E-state index in [-0.39, 0.29) is 0 Å². The van der Waals surface area contributed by atoms with Crippen LogP contribution in [0, 0.1) is 0 Å². The molecule has 3 nitrogen and oxygen atoms in total. The second-order valence-electron chi connectivity index (χ2n) is 2.27. The monoisotopic (exact) mass is 146 g/mol. The predicted molar refractivity (Wildman–Crippen MR) is 42.3 cm³/mol. The van der Waals surface area contributed by atoms with Crippen LogP contribution in [0.4, 0.5) is 5.69 Å². The van der Waals surface area contributed by atoms with E-state index in [0.29, 0.717) is 5.70 Å². The number of hydrogen-bond acceptors (Lipinski definition) is 3. The summed E-state index contributed by atoms with van der Waals surface area (Å²) in [7, 11) is 0. The summed E-state index contributed by atoms with van der Waals surface area (Å²) in [5, 5.41) is 0. The molecule has 0 aliphatic carbocycles. The molecule has 1 aliphatic rings. The van der Waals surface area contributed by atoms with E-state index in [0.717, 1.165) is 11.3 Å². The topological polar surface area (TPSA) is 41.1 Å². The van der Waals surface area contributed by atoms with Gasteiger partial charge in [0.05, 0.1) is 5.69 Å². The standard InChI is InChI=1S/C8H6N2O/c11-5-8-6-3-1-2-4-7(6)9-10-8/h1-4,9-10H. The lowest BCUT2D eigenvalue weighted by atomic mass is 10.1. The molecular weight excluding hydrogens is 140 g/mol. The highest BCUT2D eigenvalue weighted by molar-refractivity contribution is 5.94. The van der Waals surface area contributed by atoms with E-state index in [2.05, 4.69) is 10.9 Å². The molecular formula is C8H6N2O. The first kappa shape index (κ1) is 6.01. The van der Waals surface area contributed by atoms with E-state index < -0.39 is 0 Å². The molecule has 0 amide bonds. The van der Waals surface area contributed by atoms with Crippen molar-refractivity contribution in [2.45, 2.75) is 0 Å². The Hall–Kier alpha value is -1.73. The van der Waals surface area contributed by atoms with Crippen LogP contribution < -0.4 is 10.9 Å². The summed E-state index contributed by atoms with van der Waals surface area (Å²) < 4.78 is 0. The number of benzene rings is 1. The summed E-state index contributed by atoms with van der Waals surface area (Å²) in [6.07, 6.45) is 0. The fourth-order valence-electron chi connectivity index (χ4n) is 1.09. The Morgan fingerprint density at radius 1 is 1.18 bits per heavy atom. The lowest BCUT2D eigenvalue weighted by Crippen LogP contribution is -2.10. The molecule has 0 spiro atoms. The number of nitrogens with one attached hydrogen (secondary N) is 2. The first-order valence-electron chi connectivity index (χ1n) is 3.28. The van der Waals surface area contributed by atoms with Gasteiger partial charge in [-0.2, -0.15) is 0 Å². The van der Waals surface area contributed by atoms with Crippen LogP contribution in [0.25, 0.3) is 5.70 Å². The first-order chi connectivity index (χ1) is 5.42. The smallest absolute Gasteiger partial charge is 0.152 e. The number of rotatable bonds is 0. The third-order valence-electron chi connectivity index (χ3n) is 1.62. The van der Waals surface area contributed by atoms with Gasteiger partial charge in [0.15, 0.2) is 5.94 Å². The van der Waals surface area contributed by atoms with Gasteiger partial charge in [-0.15, -0.1) is 0 Å². The van der Waals surface area contributed by atoms with Gasteiger partial charge in [0, 0.05) is 5.56 Å². The quantitative estimate of drug-likeness (QED) is 0.531. The van der Waals surface area contributed by atoms with Gasteiger partial charge in [-0.05, 0) is 12.1 Å². The van der Waals surface area contributed by atoms with Gasteiger partial charge < -0.3 is 0 Å². The van der Waals surface area contributed by atoms with Crippen molar-refractivity contribution in [2.75, 3.05) is 5.43 Å². The molecule has 0 fully saturated rings. The average Bonchev–Trinajstić information content (AvgIpc) is 2.47. The molecule has 1 aliphatic heterocycles. The Bertz CT molecular complexity index is 340. The van der Waals surface area contributed by atoms with Crippen molar-refractivity contribution in [3.63, 3.8) is 0 Å². The van der Waals surface area contributed by atoms with Gasteiger partial charge in [-0.3, -0.25) is 10.9 Å². The van der Waals surface area contributed by atoms with Crippen LogP contribution in [0.3, 0.4) is 0 Å². The molecule has 1 aromatic carbocycles. The summed E-state index contributed by atoms with van der Waals surface area (Å²) in [5.74, 6) is 1.81. The third kappa shape index (κ3) is 0.791. The van der Waals surface area contributed by atoms with Gasteiger partial charge in [0.25, 0.3) is 0 Å². The van der Waals surface area contributed by atoms with Crippen molar-refractivity contribution in [2.24, 2.45) is 0 Å². The van der Waals surface area contributed by atoms with Crippen molar-refractivity contribution in [3.8, 4) is 0 Å². The minimum absolute atomic E-state index is 0.473. The lowest BCUT2D eigenvalue weighted by Gasteiger charge is -1.92. The number of para-hydroxylation sites is 1. The summed E-state index contributed by atoms with van der Waals surface area (Å²) in [4.78, 5) is 10.3. The summed E-state index contributed by atoms with van der Waals surface area (Å²) in [5.41, 5.74) is 7.84. The average molecular weight is 146 g/mol. The first-order valence-corrected chi connectivity index (χ1v) is 3.28. The summed E-state index contributed by atoms with van der Waals surface area (Å²) in [6.45, 7) is 0. The van der Waals surface area contributed by atoms with E-state index in [1.54, 1.807) is 0 Å². The Morgan fingerprint density at radius 2 is 2.00 bits per heavy atom. The molecule has 0 saturated heterocycles. The van der Waals surface area contributed by atoms with Crippen LogP contribution >= 0.6 is 0 Å². The molecule has 11 heavy (non-hydrogen) atoms. The molecule has 1 aromatic rings. The molecule has 0 saturated carbocycles. The SMILES string of the molecule is O=C=C1NNc2ccccc21. The lowest BCUT2D eigenvalue weighted by molar-refractivity contribution is 0.569. The molecule has 54 valence electrons. The normalized spacial score (nSPS) is 12.9. The van der Waals surface area contributed by atoms with Gasteiger partial charge in [-0.25, -0.2) is 4.79 Å². The second kappa shape index (κ2) is 2.15. The number of hydrazine groups is 1. The Balaban J connectivity index is 2.64. The van der Waals surface area contributed by atoms with E-state index in [1.807, 2.05) is 30.2 Å². The maximum Gasteiger partial charge on any atom is 0.152 e. The number of carbonyl (C=O) groups excluding carboxylic acids is 1. The molecule has 0 atom stereocenters. The Kier molecular flexibility index (Phi) is 1.17. The minimum atomic E-state index is 0.473. The van der Waals surface area contributed by atoms with Crippen LogP contribution in [-0.2, 0) is 4.79 Å². The van der Waals surface area contributed by atoms with Gasteiger partial charge in [0.2, 0.25) is 0 Å². The minimum Gasteiger partial charge on any atom is -0.300 e. The largest absolute Gasteiger partial charge is 0.300 e. The molecule has 2 rings (SSSR count). The van der Waals surface area contributed by atoms with Gasteiger partial charge in [0.1, 0.15) is 5.70 Å². The van der Waals surface area contributed by atoms with Crippen LogP contribution in [0.5, 0.6) is 0 Å². The highest BCUT2D eigenvalue weighted by atomic mass is 16.1. The van der Waals surface area contributed by atoms with E-state index >= 15 is 0 Å². The molecule has 3 heteroatoms. The molecule has 2 N–H and O–H groups in total. The highest BCUT2D eigenvalue weighted by Crippen LogP contribution is 2.24. The van der Waals surface area contributed by atoms with E-state index in [9.17, 15) is 4.79 Å². The number of hydrogen-bond donors (Lipinski definition) is 2. The fourth-order valence-corrected chi connectivity index (χ4v) is 1.09. The van der Waals surface area contributed by atoms with Crippen LogP contribution in [0.1, 0.15) is 5.56 Å². The van der Waals surface area contributed by atoms with Crippen LogP contribution in [0.2, 0.25) is 0 Å². The van der Waals surface area contributed by atoms with E-state index in [4.69, 9.17) is 0 Å². The van der Waals surface area contributed by atoms with Crippen molar-refractivity contribution in [1.29, 1.82) is 0 Å². The van der Waals surface area contributed by atoms with Crippen molar-refractivity contribution in [3.05, 3.63) is 29.8 Å². The van der Waals surface area contributed by atoms with Crippen LogP contribution in [0.15, 0.2) is 24.3 Å². The maximum atomic E-state index is 10.3. The van der Waals surface area contributed by atoms with Gasteiger partial charge >= 0.3 is 0 Å². The third-order valence-corrected chi connectivity index (χ3v) is 1.62. The van der Waals surface area contributed by atoms with E-state index in [1.165, 1.54) is 0 Å². The van der Waals surface area contributed by atoms with Crippen molar-refractivity contribution >= 4 is 17.3 Å². The van der Waals surface area contributed by atoms with Crippen molar-refractivity contribution in [1.82, 2.24) is 5.43 Å². The maximum absolute atomic E-state index is 10.3.